The van der Waals surface area contributed by atoms with Crippen molar-refractivity contribution in [2.24, 2.45) is 4.99 Å². The molecule has 182 valence electrons. The molecule has 1 fully saturated rings. The van der Waals surface area contributed by atoms with E-state index >= 15 is 0 Å². The van der Waals surface area contributed by atoms with Gasteiger partial charge >= 0.3 is 5.97 Å². The summed E-state index contributed by atoms with van der Waals surface area (Å²) in [7, 11) is 4.93. The molecule has 1 aliphatic heterocycles. The van der Waals surface area contributed by atoms with E-state index in [-0.39, 0.29) is 42.5 Å². The third kappa shape index (κ3) is 8.99. The first-order valence-electron chi connectivity index (χ1n) is 10.5. The van der Waals surface area contributed by atoms with Gasteiger partial charge in [-0.25, -0.2) is 0 Å². The molecular formula is C22H37IN4O5. The molecule has 2 rings (SSSR count). The second-order valence-electron chi connectivity index (χ2n) is 8.17. The Balaban J connectivity index is 0.00000512. The van der Waals surface area contributed by atoms with Crippen molar-refractivity contribution in [1.29, 1.82) is 0 Å². The minimum absolute atomic E-state index is 0. The first kappa shape index (κ1) is 28.2. The van der Waals surface area contributed by atoms with Gasteiger partial charge in [-0.1, -0.05) is 6.07 Å². The summed E-state index contributed by atoms with van der Waals surface area (Å²) in [6, 6.07) is 6.01. The van der Waals surface area contributed by atoms with Gasteiger partial charge in [-0.2, -0.15) is 0 Å². The van der Waals surface area contributed by atoms with Gasteiger partial charge in [0.2, 0.25) is 0 Å². The summed E-state index contributed by atoms with van der Waals surface area (Å²) in [5.41, 5.74) is 0.569. The molecule has 1 unspecified atom stereocenters. The summed E-state index contributed by atoms with van der Waals surface area (Å²) in [6.45, 7) is 9.18. The molecule has 0 aromatic heterocycles. The minimum atomic E-state index is -0.523. The summed E-state index contributed by atoms with van der Waals surface area (Å²) < 4.78 is 21.7. The van der Waals surface area contributed by atoms with Crippen LogP contribution in [0.2, 0.25) is 0 Å². The van der Waals surface area contributed by atoms with E-state index in [9.17, 15) is 4.79 Å². The van der Waals surface area contributed by atoms with Crippen LogP contribution in [0.3, 0.4) is 0 Å². The number of carbonyl (C=O) groups is 1. The molecule has 0 spiro atoms. The lowest BCUT2D eigenvalue weighted by Crippen LogP contribution is -2.47. The van der Waals surface area contributed by atoms with E-state index in [0.717, 1.165) is 18.7 Å². The SMILES string of the molecule is CN=C(NCC(=O)OC(C)(C)C)NCC(c1ccc(OC)c(OC)c1)N1CCOCC1.I. The zero-order valence-electron chi connectivity index (χ0n) is 19.9. The van der Waals surface area contributed by atoms with Gasteiger partial charge in [0.05, 0.1) is 33.5 Å². The van der Waals surface area contributed by atoms with Crippen LogP contribution in [0.25, 0.3) is 0 Å². The molecule has 1 atom stereocenters. The van der Waals surface area contributed by atoms with E-state index in [1.807, 2.05) is 39.0 Å². The van der Waals surface area contributed by atoms with E-state index in [1.54, 1.807) is 21.3 Å². The van der Waals surface area contributed by atoms with Crippen molar-refractivity contribution >= 4 is 35.9 Å². The van der Waals surface area contributed by atoms with Crippen molar-refractivity contribution in [3.63, 3.8) is 0 Å². The normalized spacial score (nSPS) is 15.9. The molecule has 1 heterocycles. The summed E-state index contributed by atoms with van der Waals surface area (Å²) in [5, 5.41) is 6.34. The maximum absolute atomic E-state index is 12.0. The molecule has 0 amide bonds. The number of nitrogens with zero attached hydrogens (tertiary/aromatic N) is 2. The summed E-state index contributed by atoms with van der Waals surface area (Å²) in [5.74, 6) is 1.57. The van der Waals surface area contributed by atoms with Crippen molar-refractivity contribution < 1.29 is 23.7 Å². The standard InChI is InChI=1S/C22H36N4O5.HI/c1-22(2,3)31-20(27)15-25-21(23-4)24-14-17(26-9-11-30-12-10-26)16-7-8-18(28-5)19(13-16)29-6;/h7-8,13,17H,9-12,14-15H2,1-6H3,(H2,23,24,25);1H. The number of ether oxygens (including phenoxy) is 4. The maximum Gasteiger partial charge on any atom is 0.325 e. The number of carbonyl (C=O) groups excluding carboxylic acids is 1. The Kier molecular flexibility index (Phi) is 12.1. The number of morpholine rings is 1. The molecule has 0 bridgehead atoms. The molecular weight excluding hydrogens is 527 g/mol. The van der Waals surface area contributed by atoms with Gasteiger partial charge in [0, 0.05) is 26.7 Å². The van der Waals surface area contributed by atoms with Crippen LogP contribution in [0, 0.1) is 0 Å². The Morgan fingerprint density at radius 2 is 1.81 bits per heavy atom. The molecule has 32 heavy (non-hydrogen) atoms. The lowest BCUT2D eigenvalue weighted by atomic mass is 10.0. The highest BCUT2D eigenvalue weighted by molar-refractivity contribution is 14.0. The second kappa shape index (κ2) is 13.7. The van der Waals surface area contributed by atoms with Crippen LogP contribution in [-0.2, 0) is 14.3 Å². The molecule has 1 aromatic carbocycles. The molecule has 2 N–H and O–H groups in total. The Morgan fingerprint density at radius 1 is 1.16 bits per heavy atom. The van der Waals surface area contributed by atoms with Crippen molar-refractivity contribution in [3.8, 4) is 11.5 Å². The molecule has 10 heteroatoms. The average Bonchev–Trinajstić information content (AvgIpc) is 2.75. The van der Waals surface area contributed by atoms with Crippen LogP contribution in [0.4, 0.5) is 0 Å². The number of hydrogen-bond donors (Lipinski definition) is 2. The van der Waals surface area contributed by atoms with E-state index < -0.39 is 5.60 Å². The highest BCUT2D eigenvalue weighted by Gasteiger charge is 2.24. The zero-order valence-corrected chi connectivity index (χ0v) is 22.2. The van der Waals surface area contributed by atoms with E-state index in [4.69, 9.17) is 18.9 Å². The van der Waals surface area contributed by atoms with Gasteiger partial charge in [0.15, 0.2) is 17.5 Å². The number of nitrogens with one attached hydrogen (secondary N) is 2. The van der Waals surface area contributed by atoms with Crippen LogP contribution in [0.15, 0.2) is 23.2 Å². The number of methoxy groups -OCH3 is 2. The quantitative estimate of drug-likeness (QED) is 0.215. The maximum atomic E-state index is 12.0. The smallest absolute Gasteiger partial charge is 0.325 e. The van der Waals surface area contributed by atoms with Crippen molar-refractivity contribution in [2.75, 3.05) is 60.7 Å². The fourth-order valence-corrected chi connectivity index (χ4v) is 3.35. The summed E-state index contributed by atoms with van der Waals surface area (Å²) >= 11 is 0. The Morgan fingerprint density at radius 3 is 2.38 bits per heavy atom. The fraction of sp³-hybridized carbons (Fsp3) is 0.636. The second-order valence-corrected chi connectivity index (χ2v) is 8.17. The number of halogens is 1. The monoisotopic (exact) mass is 564 g/mol. The molecule has 0 saturated carbocycles. The molecule has 1 aromatic rings. The Labute approximate surface area is 208 Å². The topological polar surface area (TPSA) is 93.7 Å². The number of esters is 1. The van der Waals surface area contributed by atoms with Crippen molar-refractivity contribution in [1.82, 2.24) is 15.5 Å². The predicted molar refractivity (Wildman–Crippen MR) is 135 cm³/mol. The van der Waals surface area contributed by atoms with Crippen molar-refractivity contribution in [3.05, 3.63) is 23.8 Å². The molecule has 0 aliphatic carbocycles. The lowest BCUT2D eigenvalue weighted by molar-refractivity contribution is -0.153. The van der Waals surface area contributed by atoms with Crippen LogP contribution < -0.4 is 20.1 Å². The zero-order chi connectivity index (χ0) is 22.9. The number of aliphatic imine (C=N–C) groups is 1. The van der Waals surface area contributed by atoms with Gasteiger partial charge in [-0.05, 0) is 38.5 Å². The highest BCUT2D eigenvalue weighted by Crippen LogP contribution is 2.32. The van der Waals surface area contributed by atoms with Gasteiger partial charge in [-0.3, -0.25) is 14.7 Å². The lowest BCUT2D eigenvalue weighted by Gasteiger charge is -2.35. The molecule has 9 nitrogen and oxygen atoms in total. The summed E-state index contributed by atoms with van der Waals surface area (Å²) in [4.78, 5) is 18.6. The van der Waals surface area contributed by atoms with Gasteiger partial charge in [0.1, 0.15) is 12.1 Å². The van der Waals surface area contributed by atoms with Crippen molar-refractivity contribution in [2.45, 2.75) is 32.4 Å². The first-order valence-corrected chi connectivity index (χ1v) is 10.5. The Hall–Kier alpha value is -1.79. The van der Waals surface area contributed by atoms with Crippen LogP contribution >= 0.6 is 24.0 Å². The predicted octanol–water partition coefficient (Wildman–Crippen LogP) is 2.20. The van der Waals surface area contributed by atoms with Gasteiger partial charge in [-0.15, -0.1) is 24.0 Å². The minimum Gasteiger partial charge on any atom is -0.493 e. The molecule has 1 saturated heterocycles. The van der Waals surface area contributed by atoms with Gasteiger partial charge < -0.3 is 29.6 Å². The number of guanidine groups is 1. The fourth-order valence-electron chi connectivity index (χ4n) is 3.35. The largest absolute Gasteiger partial charge is 0.493 e. The van der Waals surface area contributed by atoms with E-state index in [2.05, 4.69) is 20.5 Å². The Bertz CT molecular complexity index is 748. The van der Waals surface area contributed by atoms with E-state index in [0.29, 0.717) is 37.2 Å². The van der Waals surface area contributed by atoms with Gasteiger partial charge in [0.25, 0.3) is 0 Å². The average molecular weight is 564 g/mol. The number of rotatable bonds is 8. The molecule has 1 aliphatic rings. The van der Waals surface area contributed by atoms with Crippen LogP contribution in [0.1, 0.15) is 32.4 Å². The third-order valence-corrected chi connectivity index (χ3v) is 4.79. The highest BCUT2D eigenvalue weighted by atomic mass is 127. The summed E-state index contributed by atoms with van der Waals surface area (Å²) in [6.07, 6.45) is 0. The molecule has 0 radical (unpaired) electrons. The number of benzene rings is 1. The number of hydrogen-bond acceptors (Lipinski definition) is 7. The van der Waals surface area contributed by atoms with E-state index in [1.165, 1.54) is 0 Å². The van der Waals surface area contributed by atoms with Crippen LogP contribution in [0.5, 0.6) is 11.5 Å². The first-order chi connectivity index (χ1) is 14.8. The third-order valence-electron chi connectivity index (χ3n) is 4.79. The van der Waals surface area contributed by atoms with Crippen LogP contribution in [-0.4, -0.2) is 83.1 Å².